The van der Waals surface area contributed by atoms with Crippen molar-refractivity contribution >= 4 is 5.78 Å². The topological polar surface area (TPSA) is 55.3 Å². The molecule has 152 valence electrons. The minimum absolute atomic E-state index is 0. The first kappa shape index (κ1) is 20.5. The van der Waals surface area contributed by atoms with Crippen LogP contribution >= 0.6 is 0 Å². The third kappa shape index (κ3) is 4.58. The maximum absolute atomic E-state index is 12.6. The number of ketones is 1. The van der Waals surface area contributed by atoms with Gasteiger partial charge in [0.1, 0.15) is 6.10 Å². The Hall–Kier alpha value is -2.27. The van der Waals surface area contributed by atoms with E-state index < -0.39 is 0 Å². The molecule has 0 N–H and O–H groups in total. The number of hydrogen-bond donors (Lipinski definition) is 0. The molecule has 1 aliphatic carbocycles. The van der Waals surface area contributed by atoms with Crippen LogP contribution in [0.25, 0.3) is 0 Å². The van der Waals surface area contributed by atoms with E-state index in [-0.39, 0.29) is 18.7 Å². The molecule has 3 atom stereocenters. The van der Waals surface area contributed by atoms with Gasteiger partial charge in [0.25, 0.3) is 0 Å². The molecule has 5 nitrogen and oxygen atoms in total. The molecule has 2 fully saturated rings. The van der Waals surface area contributed by atoms with Crippen LogP contribution in [-0.2, 0) is 0 Å². The van der Waals surface area contributed by atoms with Crippen LogP contribution in [0.3, 0.4) is 0 Å². The standard InChI is InChI=1S/C21H25N3O2.C2H6.H2/c1-15-3-5-16(6-4-15)19(25)13-24-12-17-9-18(10-21(17,2)14-24)26-20-11-22-7-8-23-20;1-2;/h3-8,11,17-18H,9-10,12-14H2,1-2H3;1-2H3;1H/t17-,18+,21?;;/m1../s1. The van der Waals surface area contributed by atoms with Gasteiger partial charge in [-0.15, -0.1) is 0 Å². The molecule has 28 heavy (non-hydrogen) atoms. The minimum Gasteiger partial charge on any atom is -0.473 e. The number of hydrogen-bond acceptors (Lipinski definition) is 5. The van der Waals surface area contributed by atoms with Gasteiger partial charge < -0.3 is 4.74 Å². The summed E-state index contributed by atoms with van der Waals surface area (Å²) in [4.78, 5) is 23.1. The van der Waals surface area contributed by atoms with E-state index in [0.717, 1.165) is 31.5 Å². The summed E-state index contributed by atoms with van der Waals surface area (Å²) in [5, 5.41) is 0. The first-order valence-electron chi connectivity index (χ1n) is 10.3. The summed E-state index contributed by atoms with van der Waals surface area (Å²) in [6, 6.07) is 7.87. The first-order chi connectivity index (χ1) is 13.5. The van der Waals surface area contributed by atoms with Crippen LogP contribution in [0, 0.1) is 18.3 Å². The van der Waals surface area contributed by atoms with E-state index in [1.165, 1.54) is 5.56 Å². The molecule has 1 aromatic carbocycles. The molecule has 2 aliphatic rings. The molecule has 0 radical (unpaired) electrons. The van der Waals surface area contributed by atoms with Gasteiger partial charge >= 0.3 is 0 Å². The van der Waals surface area contributed by atoms with Crippen molar-refractivity contribution in [3.8, 4) is 5.88 Å². The summed E-state index contributed by atoms with van der Waals surface area (Å²) in [7, 11) is 0. The van der Waals surface area contributed by atoms with Crippen molar-refractivity contribution in [1.29, 1.82) is 0 Å². The number of likely N-dealkylation sites (tertiary alicyclic amines) is 1. The van der Waals surface area contributed by atoms with E-state index in [2.05, 4.69) is 21.8 Å². The number of fused-ring (bicyclic) bond motifs is 1. The maximum atomic E-state index is 12.6. The van der Waals surface area contributed by atoms with Crippen LogP contribution in [0.4, 0.5) is 0 Å². The van der Waals surface area contributed by atoms with Gasteiger partial charge in [-0.25, -0.2) is 4.98 Å². The Bertz CT molecular complexity index is 784. The summed E-state index contributed by atoms with van der Waals surface area (Å²) < 4.78 is 6.01. The lowest BCUT2D eigenvalue weighted by Gasteiger charge is -2.24. The lowest BCUT2D eigenvalue weighted by atomic mass is 9.83. The summed E-state index contributed by atoms with van der Waals surface area (Å²) in [5.74, 6) is 1.38. The van der Waals surface area contributed by atoms with Gasteiger partial charge in [0.2, 0.25) is 5.88 Å². The average Bonchev–Trinajstić information content (AvgIpc) is 3.14. The summed E-state index contributed by atoms with van der Waals surface area (Å²) in [6.45, 7) is 10.8. The Morgan fingerprint density at radius 1 is 1.29 bits per heavy atom. The van der Waals surface area contributed by atoms with Crippen molar-refractivity contribution in [3.05, 3.63) is 54.0 Å². The van der Waals surface area contributed by atoms with Crippen molar-refractivity contribution in [2.24, 2.45) is 11.3 Å². The van der Waals surface area contributed by atoms with Gasteiger partial charge in [-0.1, -0.05) is 50.6 Å². The zero-order valence-corrected chi connectivity index (χ0v) is 17.4. The van der Waals surface area contributed by atoms with Crippen molar-refractivity contribution < 1.29 is 11.0 Å². The number of carbonyl (C=O) groups excluding carboxylic acids is 1. The number of carbonyl (C=O) groups is 1. The predicted octanol–water partition coefficient (Wildman–Crippen LogP) is 4.42. The lowest BCUT2D eigenvalue weighted by molar-refractivity contribution is 0.0930. The molecule has 1 aliphatic heterocycles. The second-order valence-electron chi connectivity index (χ2n) is 8.03. The number of Topliss-reactive ketones (excluding diaryl/α,β-unsaturated/α-hetero) is 1. The first-order valence-corrected chi connectivity index (χ1v) is 10.3. The van der Waals surface area contributed by atoms with Crippen LogP contribution in [0.5, 0.6) is 5.88 Å². The molecule has 0 amide bonds. The van der Waals surface area contributed by atoms with E-state index >= 15 is 0 Å². The third-order valence-electron chi connectivity index (χ3n) is 5.86. The highest BCUT2D eigenvalue weighted by atomic mass is 16.5. The molecule has 1 saturated heterocycles. The molecular formula is C23H33N3O2. The Morgan fingerprint density at radius 2 is 2.04 bits per heavy atom. The highest BCUT2D eigenvalue weighted by molar-refractivity contribution is 5.97. The molecule has 1 aromatic heterocycles. The van der Waals surface area contributed by atoms with E-state index in [1.54, 1.807) is 18.6 Å². The van der Waals surface area contributed by atoms with Gasteiger partial charge in [0, 0.05) is 32.5 Å². The fraction of sp³-hybridized carbons (Fsp3) is 0.522. The SMILES string of the molecule is CC.Cc1ccc(C(=O)CN2C[C@H]3C[C@H](Oc4cnccn4)CC3(C)C2)cc1.[HH]. The Labute approximate surface area is 169 Å². The number of aryl methyl sites for hydroxylation is 1. The van der Waals surface area contributed by atoms with Crippen LogP contribution in [-0.4, -0.2) is 46.4 Å². The molecule has 0 bridgehead atoms. The van der Waals surface area contributed by atoms with E-state index in [0.29, 0.717) is 18.3 Å². The lowest BCUT2D eigenvalue weighted by Crippen LogP contribution is -2.31. The summed E-state index contributed by atoms with van der Waals surface area (Å²) in [6.07, 6.45) is 7.19. The monoisotopic (exact) mass is 383 g/mol. The highest BCUT2D eigenvalue weighted by Gasteiger charge is 2.50. The Kier molecular flexibility index (Phi) is 6.45. The maximum Gasteiger partial charge on any atom is 0.232 e. The molecule has 2 aromatic rings. The predicted molar refractivity (Wildman–Crippen MR) is 113 cm³/mol. The number of nitrogens with zero attached hydrogens (tertiary/aromatic N) is 3. The van der Waals surface area contributed by atoms with Crippen molar-refractivity contribution in [2.45, 2.75) is 46.6 Å². The third-order valence-corrected chi connectivity index (χ3v) is 5.86. The molecule has 2 heterocycles. The quantitative estimate of drug-likeness (QED) is 0.716. The molecule has 0 spiro atoms. The van der Waals surface area contributed by atoms with E-state index in [1.807, 2.05) is 45.0 Å². The number of rotatable bonds is 5. The molecule has 4 rings (SSSR count). The smallest absolute Gasteiger partial charge is 0.232 e. The van der Waals surface area contributed by atoms with Crippen molar-refractivity contribution in [2.75, 3.05) is 19.6 Å². The molecule has 1 unspecified atom stereocenters. The Morgan fingerprint density at radius 3 is 2.68 bits per heavy atom. The highest BCUT2D eigenvalue weighted by Crippen LogP contribution is 2.49. The zero-order chi connectivity index (χ0) is 20.1. The van der Waals surface area contributed by atoms with Crippen LogP contribution in [0.15, 0.2) is 42.9 Å². The largest absolute Gasteiger partial charge is 0.473 e. The fourth-order valence-corrected chi connectivity index (χ4v) is 4.51. The normalized spacial score (nSPS) is 26.3. The van der Waals surface area contributed by atoms with E-state index in [4.69, 9.17) is 4.74 Å². The van der Waals surface area contributed by atoms with Crippen molar-refractivity contribution in [1.82, 2.24) is 14.9 Å². The minimum atomic E-state index is 0. The average molecular weight is 384 g/mol. The number of aromatic nitrogens is 2. The molecule has 5 heteroatoms. The molecule has 1 saturated carbocycles. The number of ether oxygens (including phenoxy) is 1. The molecular weight excluding hydrogens is 350 g/mol. The fourth-order valence-electron chi connectivity index (χ4n) is 4.51. The van der Waals surface area contributed by atoms with Gasteiger partial charge in [0.15, 0.2) is 5.78 Å². The van der Waals surface area contributed by atoms with Gasteiger partial charge in [-0.05, 0) is 31.1 Å². The second-order valence-corrected chi connectivity index (χ2v) is 8.03. The van der Waals surface area contributed by atoms with Gasteiger partial charge in [0.05, 0.1) is 12.7 Å². The van der Waals surface area contributed by atoms with Crippen LogP contribution in [0.1, 0.15) is 51.0 Å². The number of benzene rings is 1. The Balaban J connectivity index is 0.000000970. The van der Waals surface area contributed by atoms with Gasteiger partial charge in [-0.2, -0.15) is 0 Å². The zero-order valence-electron chi connectivity index (χ0n) is 17.4. The second kappa shape index (κ2) is 8.82. The summed E-state index contributed by atoms with van der Waals surface area (Å²) in [5.41, 5.74) is 2.20. The van der Waals surface area contributed by atoms with Gasteiger partial charge in [-0.3, -0.25) is 14.7 Å². The van der Waals surface area contributed by atoms with Crippen LogP contribution in [0.2, 0.25) is 0 Å². The summed E-state index contributed by atoms with van der Waals surface area (Å²) >= 11 is 0. The van der Waals surface area contributed by atoms with Crippen molar-refractivity contribution in [3.63, 3.8) is 0 Å². The van der Waals surface area contributed by atoms with Crippen LogP contribution < -0.4 is 4.74 Å². The van der Waals surface area contributed by atoms with E-state index in [9.17, 15) is 4.79 Å².